The number of aryl methyl sites for hydroxylation is 2. The van der Waals surface area contributed by atoms with Crippen molar-refractivity contribution in [2.45, 2.75) is 25.7 Å². The van der Waals surface area contributed by atoms with Gasteiger partial charge in [0.15, 0.2) is 0 Å². The van der Waals surface area contributed by atoms with E-state index in [0.29, 0.717) is 5.95 Å². The van der Waals surface area contributed by atoms with Crippen LogP contribution in [0.5, 0.6) is 0 Å². The van der Waals surface area contributed by atoms with E-state index >= 15 is 0 Å². The maximum atomic E-state index is 13.3. The number of nitrogens with one attached hydrogen (secondary N) is 1. The Bertz CT molecular complexity index is 1150. The number of hydrogen-bond donors (Lipinski definition) is 2. The molecule has 2 aromatic carbocycles. The molecule has 2 heterocycles. The molecule has 0 unspecified atom stereocenters. The molecular weight excluding hydrogens is 339 g/mol. The molecule has 0 radical (unpaired) electrons. The maximum Gasteiger partial charge on any atom is 0.220 e. The number of H-pyrrole nitrogens is 1. The Hall–Kier alpha value is -3.21. The zero-order valence-electron chi connectivity index (χ0n) is 14.8. The molecule has 5 rings (SSSR count). The van der Waals surface area contributed by atoms with Gasteiger partial charge in [-0.2, -0.15) is 0 Å². The fourth-order valence-electron chi connectivity index (χ4n) is 3.96. The van der Waals surface area contributed by atoms with E-state index in [1.54, 1.807) is 12.1 Å². The van der Waals surface area contributed by atoms with Gasteiger partial charge in [-0.1, -0.05) is 18.2 Å². The highest BCUT2D eigenvalue weighted by Gasteiger charge is 2.20. The molecule has 5 heteroatoms. The number of rotatable bonds is 1. The molecular formula is C22H19FN4. The van der Waals surface area contributed by atoms with Crippen molar-refractivity contribution < 1.29 is 4.39 Å². The molecule has 4 aromatic rings. The van der Waals surface area contributed by atoms with Crippen molar-refractivity contribution in [3.63, 3.8) is 0 Å². The minimum Gasteiger partial charge on any atom is -0.368 e. The van der Waals surface area contributed by atoms with Crippen molar-refractivity contribution in [3.05, 3.63) is 65.7 Å². The van der Waals surface area contributed by atoms with E-state index in [1.807, 2.05) is 6.20 Å². The second-order valence-electron chi connectivity index (χ2n) is 7.05. The molecule has 0 saturated heterocycles. The Morgan fingerprint density at radius 3 is 2.59 bits per heavy atom. The van der Waals surface area contributed by atoms with E-state index in [9.17, 15) is 4.39 Å². The molecule has 0 amide bonds. The number of halogens is 1. The second-order valence-corrected chi connectivity index (χ2v) is 7.05. The molecule has 2 aromatic heterocycles. The van der Waals surface area contributed by atoms with Crippen LogP contribution in [0.1, 0.15) is 24.1 Å². The normalized spacial score (nSPS) is 13.7. The van der Waals surface area contributed by atoms with Crippen LogP contribution in [-0.2, 0) is 12.8 Å². The third-order valence-corrected chi connectivity index (χ3v) is 5.30. The zero-order valence-corrected chi connectivity index (χ0v) is 14.8. The molecule has 3 N–H and O–H groups in total. The standard InChI is InChI=1S/C22H19FN4/c23-16-8-5-13(6-9-16)14-7-10-18-17(11-14)20-19(26-18)4-2-1-3-15-12-25-22(24)27-21(15)20/h5-12,26H,1-4H2,(H2,24,25,27). The fourth-order valence-corrected chi connectivity index (χ4v) is 3.96. The van der Waals surface area contributed by atoms with Gasteiger partial charge in [-0.3, -0.25) is 0 Å². The van der Waals surface area contributed by atoms with Gasteiger partial charge in [0, 0.05) is 28.4 Å². The first-order valence-electron chi connectivity index (χ1n) is 9.21. The first kappa shape index (κ1) is 16.0. The van der Waals surface area contributed by atoms with Gasteiger partial charge in [-0.25, -0.2) is 14.4 Å². The SMILES string of the molecule is Nc1ncc2c(n1)-c1c([nH]c3ccc(-c4ccc(F)cc4)cc13)CCCC2. The Labute approximate surface area is 156 Å². The number of fused-ring (bicyclic) bond motifs is 5. The number of anilines is 1. The number of hydrogen-bond acceptors (Lipinski definition) is 3. The van der Waals surface area contributed by atoms with Gasteiger partial charge in [0.05, 0.1) is 5.69 Å². The summed E-state index contributed by atoms with van der Waals surface area (Å²) in [5.41, 5.74) is 13.4. The van der Waals surface area contributed by atoms with Crippen molar-refractivity contribution in [3.8, 4) is 22.4 Å². The van der Waals surface area contributed by atoms with Gasteiger partial charge in [-0.05, 0) is 66.6 Å². The summed E-state index contributed by atoms with van der Waals surface area (Å²) in [5, 5.41) is 1.12. The molecule has 134 valence electrons. The van der Waals surface area contributed by atoms with E-state index < -0.39 is 0 Å². The predicted octanol–water partition coefficient (Wildman–Crippen LogP) is 4.89. The van der Waals surface area contributed by atoms with E-state index in [4.69, 9.17) is 5.73 Å². The monoisotopic (exact) mass is 358 g/mol. The Morgan fingerprint density at radius 1 is 0.963 bits per heavy atom. The molecule has 27 heavy (non-hydrogen) atoms. The summed E-state index contributed by atoms with van der Waals surface area (Å²) < 4.78 is 13.3. The van der Waals surface area contributed by atoms with Crippen LogP contribution >= 0.6 is 0 Å². The minimum atomic E-state index is -0.229. The predicted molar refractivity (Wildman–Crippen MR) is 106 cm³/mol. The smallest absolute Gasteiger partial charge is 0.220 e. The molecule has 0 atom stereocenters. The molecule has 0 spiro atoms. The third-order valence-electron chi connectivity index (χ3n) is 5.30. The summed E-state index contributed by atoms with van der Waals surface area (Å²) in [6.07, 6.45) is 6.03. The number of nitrogen functional groups attached to an aromatic ring is 1. The Balaban J connectivity index is 1.76. The topological polar surface area (TPSA) is 67.6 Å². The molecule has 0 bridgehead atoms. The summed E-state index contributed by atoms with van der Waals surface area (Å²) >= 11 is 0. The molecule has 0 fully saturated rings. The van der Waals surface area contributed by atoms with Crippen LogP contribution in [0.25, 0.3) is 33.3 Å². The number of benzene rings is 2. The van der Waals surface area contributed by atoms with Crippen LogP contribution in [0, 0.1) is 5.82 Å². The molecule has 1 aliphatic rings. The third kappa shape index (κ3) is 2.76. The van der Waals surface area contributed by atoms with E-state index in [2.05, 4.69) is 33.2 Å². The first-order chi connectivity index (χ1) is 13.2. The summed E-state index contributed by atoms with van der Waals surface area (Å²) in [6.45, 7) is 0. The number of nitrogens with two attached hydrogens (primary N) is 1. The van der Waals surface area contributed by atoms with Crippen molar-refractivity contribution >= 4 is 16.9 Å². The number of aromatic amines is 1. The van der Waals surface area contributed by atoms with E-state index in [0.717, 1.165) is 64.5 Å². The van der Waals surface area contributed by atoms with Crippen LogP contribution in [-0.4, -0.2) is 15.0 Å². The summed E-state index contributed by atoms with van der Waals surface area (Å²) in [5.74, 6) is 0.0667. The fraction of sp³-hybridized carbons (Fsp3) is 0.182. The summed E-state index contributed by atoms with van der Waals surface area (Å²) in [7, 11) is 0. The maximum absolute atomic E-state index is 13.3. The minimum absolute atomic E-state index is 0.229. The van der Waals surface area contributed by atoms with Crippen LogP contribution in [0.4, 0.5) is 10.3 Å². The van der Waals surface area contributed by atoms with E-state index in [-0.39, 0.29) is 5.82 Å². The van der Waals surface area contributed by atoms with Gasteiger partial charge >= 0.3 is 0 Å². The highest BCUT2D eigenvalue weighted by molar-refractivity contribution is 5.99. The lowest BCUT2D eigenvalue weighted by molar-refractivity contribution is 0.628. The van der Waals surface area contributed by atoms with Gasteiger partial charge in [0.1, 0.15) is 5.82 Å². The van der Waals surface area contributed by atoms with Crippen LogP contribution in [0.3, 0.4) is 0 Å². The van der Waals surface area contributed by atoms with Crippen molar-refractivity contribution in [1.82, 2.24) is 15.0 Å². The van der Waals surface area contributed by atoms with Crippen molar-refractivity contribution in [2.75, 3.05) is 5.73 Å². The van der Waals surface area contributed by atoms with Crippen LogP contribution in [0.15, 0.2) is 48.7 Å². The van der Waals surface area contributed by atoms with Gasteiger partial charge in [-0.15, -0.1) is 0 Å². The van der Waals surface area contributed by atoms with E-state index in [1.165, 1.54) is 17.8 Å². The van der Waals surface area contributed by atoms with Crippen LogP contribution in [0.2, 0.25) is 0 Å². The second kappa shape index (κ2) is 6.20. The van der Waals surface area contributed by atoms with Crippen molar-refractivity contribution in [1.29, 1.82) is 0 Å². The summed E-state index contributed by atoms with van der Waals surface area (Å²) in [4.78, 5) is 12.4. The zero-order chi connectivity index (χ0) is 18.4. The van der Waals surface area contributed by atoms with Gasteiger partial charge < -0.3 is 10.7 Å². The number of nitrogens with zero attached hydrogens (tertiary/aromatic N) is 2. The highest BCUT2D eigenvalue weighted by atomic mass is 19.1. The van der Waals surface area contributed by atoms with Gasteiger partial charge in [0.25, 0.3) is 0 Å². The molecule has 0 saturated carbocycles. The number of aromatic nitrogens is 3. The summed E-state index contributed by atoms with van der Waals surface area (Å²) in [6, 6.07) is 12.9. The lowest BCUT2D eigenvalue weighted by Gasteiger charge is -2.14. The van der Waals surface area contributed by atoms with Crippen molar-refractivity contribution in [2.24, 2.45) is 0 Å². The molecule has 0 aliphatic heterocycles. The lowest BCUT2D eigenvalue weighted by atomic mass is 9.93. The van der Waals surface area contributed by atoms with Gasteiger partial charge in [0.2, 0.25) is 5.95 Å². The molecule has 1 aliphatic carbocycles. The highest BCUT2D eigenvalue weighted by Crippen LogP contribution is 2.38. The largest absolute Gasteiger partial charge is 0.368 e. The average molecular weight is 358 g/mol. The Kier molecular flexibility index (Phi) is 3.67. The quantitative estimate of drug-likeness (QED) is 0.509. The lowest BCUT2D eigenvalue weighted by Crippen LogP contribution is -2.05. The molecule has 4 nitrogen and oxygen atoms in total. The van der Waals surface area contributed by atoms with Crippen LogP contribution < -0.4 is 5.73 Å². The average Bonchev–Trinajstić information content (AvgIpc) is 3.01. The Morgan fingerprint density at radius 2 is 1.74 bits per heavy atom. The first-order valence-corrected chi connectivity index (χ1v) is 9.21.